The van der Waals surface area contributed by atoms with Gasteiger partial charge < -0.3 is 10.3 Å². The van der Waals surface area contributed by atoms with Gasteiger partial charge in [-0.25, -0.2) is 5.90 Å². The first kappa shape index (κ1) is 20.6. The SMILES string of the molecule is CCCCCCC(C(=O)O)S(=O)CCc1cnccn1.NO. The van der Waals surface area contributed by atoms with Crippen LogP contribution in [-0.4, -0.2) is 41.5 Å². The molecule has 0 saturated heterocycles. The molecule has 7 nitrogen and oxygen atoms in total. The molecular formula is C14H25N3O4S. The lowest BCUT2D eigenvalue weighted by Crippen LogP contribution is -2.28. The highest BCUT2D eigenvalue weighted by atomic mass is 32.2. The number of carboxylic acid groups (broad SMARTS) is 1. The number of nitrogens with zero attached hydrogens (tertiary/aromatic N) is 2. The van der Waals surface area contributed by atoms with Crippen LogP contribution in [0.15, 0.2) is 18.6 Å². The van der Waals surface area contributed by atoms with Crippen molar-refractivity contribution in [1.29, 1.82) is 0 Å². The molecule has 0 saturated carbocycles. The summed E-state index contributed by atoms with van der Waals surface area (Å²) in [5.74, 6) is 2.86. The second kappa shape index (κ2) is 13.3. The molecule has 1 aromatic rings. The average Bonchev–Trinajstić information content (AvgIpc) is 2.55. The molecular weight excluding hydrogens is 306 g/mol. The van der Waals surface area contributed by atoms with Crippen molar-refractivity contribution in [1.82, 2.24) is 9.97 Å². The number of aromatic nitrogens is 2. The quantitative estimate of drug-likeness (QED) is 0.438. The molecule has 22 heavy (non-hydrogen) atoms. The molecule has 2 atom stereocenters. The summed E-state index contributed by atoms with van der Waals surface area (Å²) in [7, 11) is -1.36. The molecule has 2 unspecified atom stereocenters. The highest BCUT2D eigenvalue weighted by Gasteiger charge is 2.23. The Kier molecular flexibility index (Phi) is 12.5. The lowest BCUT2D eigenvalue weighted by atomic mass is 10.1. The van der Waals surface area contributed by atoms with E-state index in [0.29, 0.717) is 18.6 Å². The number of hydrogen-bond donors (Lipinski definition) is 3. The zero-order valence-corrected chi connectivity index (χ0v) is 13.7. The van der Waals surface area contributed by atoms with Gasteiger partial charge in [-0.15, -0.1) is 0 Å². The summed E-state index contributed by atoms with van der Waals surface area (Å²) in [6.45, 7) is 2.10. The third kappa shape index (κ3) is 8.81. The van der Waals surface area contributed by atoms with E-state index in [-0.39, 0.29) is 0 Å². The van der Waals surface area contributed by atoms with Gasteiger partial charge in [0.25, 0.3) is 0 Å². The predicted molar refractivity (Wildman–Crippen MR) is 84.9 cm³/mol. The Morgan fingerprint density at radius 2 is 2.05 bits per heavy atom. The minimum atomic E-state index is -1.36. The summed E-state index contributed by atoms with van der Waals surface area (Å²) in [6, 6.07) is 0. The van der Waals surface area contributed by atoms with Crippen LogP contribution >= 0.6 is 0 Å². The number of unbranched alkanes of at least 4 members (excludes halogenated alkanes) is 3. The van der Waals surface area contributed by atoms with Crippen molar-refractivity contribution in [3.05, 3.63) is 24.3 Å². The summed E-state index contributed by atoms with van der Waals surface area (Å²) in [5, 5.41) is 14.9. The van der Waals surface area contributed by atoms with Crippen LogP contribution in [0.2, 0.25) is 0 Å². The van der Waals surface area contributed by atoms with E-state index >= 15 is 0 Å². The number of hydrogen-bond acceptors (Lipinski definition) is 6. The molecule has 0 aromatic carbocycles. The van der Waals surface area contributed by atoms with E-state index in [1.165, 1.54) is 0 Å². The number of carboxylic acids is 1. The van der Waals surface area contributed by atoms with Crippen molar-refractivity contribution < 1.29 is 19.3 Å². The predicted octanol–water partition coefficient (Wildman–Crippen LogP) is 1.53. The fourth-order valence-electron chi connectivity index (χ4n) is 1.93. The van der Waals surface area contributed by atoms with Crippen molar-refractivity contribution in [3.8, 4) is 0 Å². The second-order valence-corrected chi connectivity index (χ2v) is 6.45. The Morgan fingerprint density at radius 1 is 1.32 bits per heavy atom. The van der Waals surface area contributed by atoms with Crippen LogP contribution in [0.1, 0.15) is 44.7 Å². The molecule has 1 aromatic heterocycles. The third-order valence-electron chi connectivity index (χ3n) is 3.09. The van der Waals surface area contributed by atoms with Crippen molar-refractivity contribution >= 4 is 16.8 Å². The van der Waals surface area contributed by atoms with Gasteiger partial charge in [0.15, 0.2) is 0 Å². The number of nitrogens with two attached hydrogens (primary N) is 1. The number of carbonyl (C=O) groups is 1. The Bertz CT molecular complexity index is 431. The van der Waals surface area contributed by atoms with Crippen LogP contribution in [0.3, 0.4) is 0 Å². The summed E-state index contributed by atoms with van der Waals surface area (Å²) >= 11 is 0. The highest BCUT2D eigenvalue weighted by molar-refractivity contribution is 7.86. The van der Waals surface area contributed by atoms with Gasteiger partial charge in [-0.1, -0.05) is 32.6 Å². The van der Waals surface area contributed by atoms with E-state index < -0.39 is 22.0 Å². The molecule has 1 rings (SSSR count). The smallest absolute Gasteiger partial charge is 0.319 e. The molecule has 0 aliphatic heterocycles. The van der Waals surface area contributed by atoms with Gasteiger partial charge >= 0.3 is 5.97 Å². The summed E-state index contributed by atoms with van der Waals surface area (Å²) in [6.07, 6.45) is 9.79. The molecule has 8 heteroatoms. The maximum atomic E-state index is 12.1. The van der Waals surface area contributed by atoms with Crippen LogP contribution in [0, 0.1) is 0 Å². The van der Waals surface area contributed by atoms with Crippen LogP contribution in [0.25, 0.3) is 0 Å². The second-order valence-electron chi connectivity index (χ2n) is 4.71. The van der Waals surface area contributed by atoms with E-state index in [4.69, 9.17) is 5.21 Å². The van der Waals surface area contributed by atoms with Gasteiger partial charge in [0.05, 0.1) is 5.69 Å². The maximum absolute atomic E-state index is 12.1. The van der Waals surface area contributed by atoms with E-state index in [1.807, 2.05) is 0 Å². The first-order valence-electron chi connectivity index (χ1n) is 7.25. The van der Waals surface area contributed by atoms with Gasteiger partial charge in [0.1, 0.15) is 5.25 Å². The van der Waals surface area contributed by atoms with Crippen molar-refractivity contribution in [3.63, 3.8) is 0 Å². The van der Waals surface area contributed by atoms with Crippen LogP contribution < -0.4 is 5.90 Å². The van der Waals surface area contributed by atoms with Crippen LogP contribution in [0.5, 0.6) is 0 Å². The summed E-state index contributed by atoms with van der Waals surface area (Å²) in [5.41, 5.74) is 0.746. The fraction of sp³-hybridized carbons (Fsp3) is 0.643. The Labute approximate surface area is 133 Å². The van der Waals surface area contributed by atoms with E-state index in [2.05, 4.69) is 22.8 Å². The molecule has 0 bridgehead atoms. The minimum absolute atomic E-state index is 0.323. The fourth-order valence-corrected chi connectivity index (χ4v) is 3.28. The Hall–Kier alpha value is -1.38. The van der Waals surface area contributed by atoms with E-state index in [0.717, 1.165) is 31.4 Å². The third-order valence-corrected chi connectivity index (χ3v) is 4.77. The lowest BCUT2D eigenvalue weighted by Gasteiger charge is -2.11. The van der Waals surface area contributed by atoms with Gasteiger partial charge in [0, 0.05) is 41.6 Å². The minimum Gasteiger partial charge on any atom is -0.480 e. The largest absolute Gasteiger partial charge is 0.480 e. The van der Waals surface area contributed by atoms with Gasteiger partial charge in [0.2, 0.25) is 0 Å². The molecule has 126 valence electrons. The average molecular weight is 331 g/mol. The zero-order chi connectivity index (χ0) is 16.8. The Morgan fingerprint density at radius 3 is 2.59 bits per heavy atom. The standard InChI is InChI=1S/C14H22N2O3S.H3NO/c1-2-3-4-5-6-13(14(17)18)20(19)10-7-12-11-15-8-9-16-12;1-2/h8-9,11,13H,2-7,10H2,1H3,(H,17,18);2H,1H2. The van der Waals surface area contributed by atoms with Gasteiger partial charge in [-0.3, -0.25) is 19.0 Å². The molecule has 4 N–H and O–H groups in total. The monoisotopic (exact) mass is 331 g/mol. The molecule has 0 radical (unpaired) electrons. The lowest BCUT2D eigenvalue weighted by molar-refractivity contribution is -0.136. The number of aliphatic carboxylic acids is 1. The molecule has 0 amide bonds. The zero-order valence-electron chi connectivity index (χ0n) is 12.9. The number of aryl methyl sites for hydroxylation is 1. The Balaban J connectivity index is 0.00000211. The number of rotatable bonds is 10. The van der Waals surface area contributed by atoms with Gasteiger partial charge in [-0.2, -0.15) is 0 Å². The molecule has 0 fully saturated rings. The first-order chi connectivity index (χ1) is 10.6. The topological polar surface area (TPSA) is 126 Å². The highest BCUT2D eigenvalue weighted by Crippen LogP contribution is 2.12. The van der Waals surface area contributed by atoms with Crippen molar-refractivity contribution in [2.75, 3.05) is 5.75 Å². The van der Waals surface area contributed by atoms with Crippen molar-refractivity contribution in [2.45, 2.75) is 50.7 Å². The first-order valence-corrected chi connectivity index (χ1v) is 8.64. The summed E-state index contributed by atoms with van der Waals surface area (Å²) < 4.78 is 12.1. The molecule has 0 aliphatic rings. The van der Waals surface area contributed by atoms with Crippen molar-refractivity contribution in [2.24, 2.45) is 5.90 Å². The van der Waals surface area contributed by atoms with E-state index in [9.17, 15) is 14.1 Å². The van der Waals surface area contributed by atoms with Crippen LogP contribution in [0.4, 0.5) is 0 Å². The molecule has 0 spiro atoms. The van der Waals surface area contributed by atoms with Gasteiger partial charge in [-0.05, 0) is 6.42 Å². The summed E-state index contributed by atoms with van der Waals surface area (Å²) in [4.78, 5) is 19.2. The normalized spacial score (nSPS) is 12.9. The van der Waals surface area contributed by atoms with E-state index in [1.54, 1.807) is 18.6 Å². The molecule has 0 aliphatic carbocycles. The molecule has 1 heterocycles. The van der Waals surface area contributed by atoms with Crippen LogP contribution in [-0.2, 0) is 22.0 Å². The maximum Gasteiger partial charge on any atom is 0.319 e.